The number of allylic oxidation sites excluding steroid dienone is 5. The summed E-state index contributed by atoms with van der Waals surface area (Å²) in [5.41, 5.74) is 5.85. The molecule has 1 atom stereocenters. The second-order valence-corrected chi connectivity index (χ2v) is 12.3. The SMILES string of the molecule is C=C/C=C\C=C(/C)CC(SSc1ccc(-c2cc(Cc3ccccc3C(C)C)cc(O)c2O)cc1)C(=O)OC.CC.CC.CC=O. The Balaban J connectivity index is 0.00000268. The number of aromatic hydroxyl groups is 2. The minimum atomic E-state index is -0.348. The summed E-state index contributed by atoms with van der Waals surface area (Å²) in [6.07, 6.45) is 9.40. The largest absolute Gasteiger partial charge is 0.504 e. The van der Waals surface area contributed by atoms with Crippen LogP contribution in [-0.2, 0) is 20.7 Å². The molecular formula is C39H52O5S2. The molecule has 0 saturated heterocycles. The van der Waals surface area contributed by atoms with Gasteiger partial charge in [0.25, 0.3) is 0 Å². The minimum Gasteiger partial charge on any atom is -0.504 e. The van der Waals surface area contributed by atoms with E-state index in [2.05, 4.69) is 32.6 Å². The second-order valence-electron chi connectivity index (χ2n) is 9.83. The molecule has 1 unspecified atom stereocenters. The highest BCUT2D eigenvalue weighted by molar-refractivity contribution is 8.77. The molecule has 0 aliphatic carbocycles. The monoisotopic (exact) mass is 664 g/mol. The molecule has 0 saturated carbocycles. The number of phenolic OH excluding ortho intramolecular Hbond substituents is 2. The van der Waals surface area contributed by atoms with Crippen LogP contribution in [0.5, 0.6) is 11.5 Å². The topological polar surface area (TPSA) is 83.8 Å². The molecule has 3 aromatic carbocycles. The maximum Gasteiger partial charge on any atom is 0.320 e. The highest BCUT2D eigenvalue weighted by Gasteiger charge is 2.21. The average Bonchev–Trinajstić information content (AvgIpc) is 3.07. The van der Waals surface area contributed by atoms with Crippen LogP contribution in [0.2, 0.25) is 0 Å². The summed E-state index contributed by atoms with van der Waals surface area (Å²) in [7, 11) is 4.37. The van der Waals surface area contributed by atoms with E-state index < -0.39 is 0 Å². The molecule has 46 heavy (non-hydrogen) atoms. The minimum absolute atomic E-state index is 0.134. The van der Waals surface area contributed by atoms with Gasteiger partial charge in [-0.2, -0.15) is 0 Å². The summed E-state index contributed by atoms with van der Waals surface area (Å²) in [4.78, 5) is 22.1. The van der Waals surface area contributed by atoms with Gasteiger partial charge in [-0.15, -0.1) is 0 Å². The number of aldehydes is 1. The van der Waals surface area contributed by atoms with Crippen molar-refractivity contribution in [3.8, 4) is 22.6 Å². The van der Waals surface area contributed by atoms with Gasteiger partial charge >= 0.3 is 5.97 Å². The molecule has 3 aromatic rings. The Morgan fingerprint density at radius 1 is 0.978 bits per heavy atom. The van der Waals surface area contributed by atoms with Crippen LogP contribution >= 0.6 is 21.6 Å². The first-order valence-electron chi connectivity index (χ1n) is 15.6. The smallest absolute Gasteiger partial charge is 0.320 e. The number of carbonyl (C=O) groups excluding carboxylic acids is 2. The van der Waals surface area contributed by atoms with Crippen molar-refractivity contribution in [2.75, 3.05) is 7.11 Å². The quantitative estimate of drug-likeness (QED) is 0.0655. The Labute approximate surface area is 285 Å². The van der Waals surface area contributed by atoms with E-state index in [9.17, 15) is 15.0 Å². The molecule has 2 N–H and O–H groups in total. The predicted molar refractivity (Wildman–Crippen MR) is 200 cm³/mol. The van der Waals surface area contributed by atoms with Crippen LogP contribution in [-0.4, -0.2) is 34.8 Å². The Hall–Kier alpha value is -3.68. The number of esters is 1. The van der Waals surface area contributed by atoms with Crippen molar-refractivity contribution in [3.05, 3.63) is 114 Å². The highest BCUT2D eigenvalue weighted by atomic mass is 33.1. The van der Waals surface area contributed by atoms with Gasteiger partial charge in [-0.3, -0.25) is 4.79 Å². The Bertz CT molecular complexity index is 1390. The fraction of sp³-hybridized carbons (Fsp3) is 0.333. The highest BCUT2D eigenvalue weighted by Crippen LogP contribution is 2.41. The van der Waals surface area contributed by atoms with Gasteiger partial charge in [0.1, 0.15) is 11.5 Å². The molecule has 0 amide bonds. The van der Waals surface area contributed by atoms with Gasteiger partial charge in [0.2, 0.25) is 0 Å². The Morgan fingerprint density at radius 3 is 2.15 bits per heavy atom. The maximum absolute atomic E-state index is 12.4. The zero-order chi connectivity index (χ0) is 35.1. The van der Waals surface area contributed by atoms with E-state index in [1.807, 2.05) is 95.3 Å². The number of rotatable bonds is 12. The van der Waals surface area contributed by atoms with Crippen LogP contribution in [0.1, 0.15) is 84.4 Å². The number of carbonyl (C=O) groups is 2. The van der Waals surface area contributed by atoms with E-state index in [4.69, 9.17) is 9.53 Å². The summed E-state index contributed by atoms with van der Waals surface area (Å²) in [5, 5.41) is 20.8. The molecule has 7 heteroatoms. The van der Waals surface area contributed by atoms with Gasteiger partial charge in [0.15, 0.2) is 11.5 Å². The normalized spacial score (nSPS) is 11.2. The molecule has 0 spiro atoms. The van der Waals surface area contributed by atoms with Crippen molar-refractivity contribution < 1.29 is 24.5 Å². The lowest BCUT2D eigenvalue weighted by Crippen LogP contribution is -2.18. The third kappa shape index (κ3) is 14.6. The van der Waals surface area contributed by atoms with Crippen LogP contribution in [0.25, 0.3) is 11.1 Å². The summed E-state index contributed by atoms with van der Waals surface area (Å²) in [6, 6.07) is 19.6. The summed E-state index contributed by atoms with van der Waals surface area (Å²) < 4.78 is 5.02. The van der Waals surface area contributed by atoms with Gasteiger partial charge < -0.3 is 19.7 Å². The number of hydrogen-bond acceptors (Lipinski definition) is 7. The summed E-state index contributed by atoms with van der Waals surface area (Å²) in [5.74, 6) is -0.141. The van der Waals surface area contributed by atoms with Gasteiger partial charge in [0, 0.05) is 10.5 Å². The first-order valence-corrected chi connectivity index (χ1v) is 17.8. The molecule has 0 bridgehead atoms. The first-order chi connectivity index (χ1) is 22.1. The van der Waals surface area contributed by atoms with Crippen molar-refractivity contribution in [2.24, 2.45) is 0 Å². The Kier molecular flexibility index (Phi) is 22.6. The standard InChI is InChI=1S/C33H36O4S2.C2H4O.2C2H6/c1-6-7-8-11-23(4)18-31(33(36)37-5)39-38-27-16-14-25(15-17-27)29-20-24(21-30(34)32(29)35)19-26-12-9-10-13-28(26)22(2)3;1-2-3;2*1-2/h6-17,20-22,31,34-35H,1,18-19H2,2-5H3;2H,1H3;2*1-2H3/b8-7-,23-11+;;;. The van der Waals surface area contributed by atoms with Crippen LogP contribution in [0.3, 0.4) is 0 Å². The van der Waals surface area contributed by atoms with E-state index in [0.29, 0.717) is 24.3 Å². The number of methoxy groups -OCH3 is 1. The van der Waals surface area contributed by atoms with Gasteiger partial charge in [-0.1, -0.05) is 136 Å². The molecule has 0 fully saturated rings. The van der Waals surface area contributed by atoms with E-state index >= 15 is 0 Å². The van der Waals surface area contributed by atoms with Crippen molar-refractivity contribution in [1.82, 2.24) is 0 Å². The van der Waals surface area contributed by atoms with E-state index in [1.54, 1.807) is 12.1 Å². The van der Waals surface area contributed by atoms with Crippen molar-refractivity contribution in [2.45, 2.75) is 84.3 Å². The van der Waals surface area contributed by atoms with Gasteiger partial charge in [-0.05, 0) is 79.1 Å². The van der Waals surface area contributed by atoms with E-state index in [-0.39, 0.29) is 22.7 Å². The van der Waals surface area contributed by atoms with Crippen LogP contribution in [0.4, 0.5) is 0 Å². The molecule has 0 radical (unpaired) electrons. The molecule has 250 valence electrons. The molecule has 0 heterocycles. The lowest BCUT2D eigenvalue weighted by Gasteiger charge is -2.15. The van der Waals surface area contributed by atoms with Gasteiger partial charge in [0.05, 0.1) is 7.11 Å². The zero-order valence-corrected chi connectivity index (χ0v) is 30.5. The summed E-state index contributed by atoms with van der Waals surface area (Å²) >= 11 is 0. The number of ether oxygens (including phenoxy) is 1. The predicted octanol–water partition coefficient (Wildman–Crippen LogP) is 11.1. The number of hydrogen-bond donors (Lipinski definition) is 2. The third-order valence-corrected chi connectivity index (χ3v) is 8.96. The van der Waals surface area contributed by atoms with Gasteiger partial charge in [-0.25, -0.2) is 0 Å². The summed E-state index contributed by atoms with van der Waals surface area (Å²) in [6.45, 7) is 19.4. The zero-order valence-electron chi connectivity index (χ0n) is 28.9. The molecule has 5 nitrogen and oxygen atoms in total. The Morgan fingerprint density at radius 2 is 1.59 bits per heavy atom. The van der Waals surface area contributed by atoms with Crippen LogP contribution < -0.4 is 0 Å². The average molecular weight is 665 g/mol. The fourth-order valence-corrected chi connectivity index (χ4v) is 6.66. The van der Waals surface area contributed by atoms with Crippen molar-refractivity contribution in [1.29, 1.82) is 0 Å². The number of benzene rings is 3. The van der Waals surface area contributed by atoms with Crippen LogP contribution in [0.15, 0.2) is 102 Å². The third-order valence-electron chi connectivity index (χ3n) is 6.25. The lowest BCUT2D eigenvalue weighted by molar-refractivity contribution is -0.139. The molecule has 0 aliphatic rings. The van der Waals surface area contributed by atoms with Crippen molar-refractivity contribution >= 4 is 33.8 Å². The second kappa shape index (κ2) is 24.5. The maximum atomic E-state index is 12.4. The number of phenols is 2. The molecule has 0 aliphatic heterocycles. The van der Waals surface area contributed by atoms with Crippen LogP contribution in [0, 0.1) is 0 Å². The molecular weight excluding hydrogens is 613 g/mol. The van der Waals surface area contributed by atoms with Crippen molar-refractivity contribution in [3.63, 3.8) is 0 Å². The van der Waals surface area contributed by atoms with E-state index in [1.165, 1.54) is 46.7 Å². The fourth-order valence-electron chi connectivity index (χ4n) is 4.23. The molecule has 0 aromatic heterocycles. The lowest BCUT2D eigenvalue weighted by atomic mass is 9.91. The van der Waals surface area contributed by atoms with E-state index in [0.717, 1.165) is 27.9 Å². The molecule has 3 rings (SSSR count). The first kappa shape index (κ1) is 42.3.